The minimum absolute atomic E-state index is 0.112. The first-order valence-corrected chi connectivity index (χ1v) is 8.46. The maximum atomic E-state index is 12.1. The highest BCUT2D eigenvalue weighted by Gasteiger charge is 2.32. The van der Waals surface area contributed by atoms with Gasteiger partial charge in [0.2, 0.25) is 0 Å². The molecule has 2 aliphatic rings. The third-order valence-corrected chi connectivity index (χ3v) is 4.85. The van der Waals surface area contributed by atoms with Crippen molar-refractivity contribution in [2.24, 2.45) is 0 Å². The number of hydrogen-bond donors (Lipinski definition) is 2. The van der Waals surface area contributed by atoms with E-state index in [4.69, 9.17) is 0 Å². The summed E-state index contributed by atoms with van der Waals surface area (Å²) in [5.74, 6) is -1.11. The first-order chi connectivity index (χ1) is 11.0. The molecule has 0 radical (unpaired) electrons. The van der Waals surface area contributed by atoms with E-state index in [2.05, 4.69) is 15.5 Å². The minimum Gasteiger partial charge on any atom is -0.345 e. The lowest BCUT2D eigenvalue weighted by atomic mass is 10.0. The van der Waals surface area contributed by atoms with Crippen molar-refractivity contribution in [1.29, 1.82) is 0 Å². The van der Waals surface area contributed by atoms with Gasteiger partial charge in [-0.05, 0) is 50.7 Å². The molecule has 1 aromatic rings. The highest BCUT2D eigenvalue weighted by Crippen LogP contribution is 2.29. The zero-order valence-electron chi connectivity index (χ0n) is 13.9. The molecule has 3 rings (SSSR count). The van der Waals surface area contributed by atoms with Crippen molar-refractivity contribution in [1.82, 2.24) is 10.2 Å². The number of nitrogens with zero attached hydrogens (tertiary/aromatic N) is 1. The number of piperidine rings is 1. The number of benzene rings is 1. The Hall–Kier alpha value is -1.88. The molecule has 0 unspecified atom stereocenters. The van der Waals surface area contributed by atoms with Crippen molar-refractivity contribution in [2.75, 3.05) is 18.4 Å². The average molecular weight is 315 g/mol. The molecule has 0 spiro atoms. The SMILES string of the molecule is Cc1cccc(C)c1NC(=O)C(=O)NC1CCN(C2CC2)CC1. The van der Waals surface area contributed by atoms with Crippen molar-refractivity contribution >= 4 is 17.5 Å². The number of aryl methyl sites for hydroxylation is 2. The smallest absolute Gasteiger partial charge is 0.313 e. The van der Waals surface area contributed by atoms with Crippen LogP contribution in [0.4, 0.5) is 5.69 Å². The van der Waals surface area contributed by atoms with E-state index in [0.717, 1.165) is 48.8 Å². The quantitative estimate of drug-likeness (QED) is 0.839. The molecule has 124 valence electrons. The maximum absolute atomic E-state index is 12.1. The summed E-state index contributed by atoms with van der Waals surface area (Å²) in [5.41, 5.74) is 2.66. The number of hydrogen-bond acceptors (Lipinski definition) is 3. The predicted molar refractivity (Wildman–Crippen MR) is 90.3 cm³/mol. The summed E-state index contributed by atoms with van der Waals surface area (Å²) in [6, 6.07) is 6.68. The van der Waals surface area contributed by atoms with Crippen molar-refractivity contribution in [3.8, 4) is 0 Å². The average Bonchev–Trinajstić information content (AvgIpc) is 3.36. The van der Waals surface area contributed by atoms with E-state index >= 15 is 0 Å². The fourth-order valence-corrected chi connectivity index (χ4v) is 3.28. The number of likely N-dealkylation sites (tertiary alicyclic amines) is 1. The van der Waals surface area contributed by atoms with Gasteiger partial charge in [-0.3, -0.25) is 9.59 Å². The van der Waals surface area contributed by atoms with Crippen LogP contribution >= 0.6 is 0 Å². The van der Waals surface area contributed by atoms with Crippen molar-refractivity contribution in [3.05, 3.63) is 29.3 Å². The Bertz CT molecular complexity index is 582. The first kappa shape index (κ1) is 16.0. The summed E-state index contributed by atoms with van der Waals surface area (Å²) in [4.78, 5) is 26.8. The second-order valence-corrected chi connectivity index (χ2v) is 6.74. The summed E-state index contributed by atoms with van der Waals surface area (Å²) in [7, 11) is 0. The Kier molecular flexibility index (Phi) is 4.66. The number of amides is 2. The highest BCUT2D eigenvalue weighted by atomic mass is 16.2. The van der Waals surface area contributed by atoms with Gasteiger partial charge in [0, 0.05) is 30.9 Å². The zero-order valence-corrected chi connectivity index (χ0v) is 13.9. The van der Waals surface area contributed by atoms with E-state index in [1.165, 1.54) is 12.8 Å². The van der Waals surface area contributed by atoms with E-state index in [0.29, 0.717) is 0 Å². The normalized spacial score (nSPS) is 19.4. The van der Waals surface area contributed by atoms with Crippen LogP contribution in [0.5, 0.6) is 0 Å². The fraction of sp³-hybridized carbons (Fsp3) is 0.556. The van der Waals surface area contributed by atoms with E-state index < -0.39 is 11.8 Å². The molecule has 1 heterocycles. The molecule has 5 heteroatoms. The van der Waals surface area contributed by atoms with Crippen LogP contribution in [-0.2, 0) is 9.59 Å². The Morgan fingerprint density at radius 3 is 2.17 bits per heavy atom. The summed E-state index contributed by atoms with van der Waals surface area (Å²) in [6.07, 6.45) is 4.49. The second kappa shape index (κ2) is 6.71. The molecule has 1 aliphatic heterocycles. The largest absolute Gasteiger partial charge is 0.345 e. The summed E-state index contributed by atoms with van der Waals surface area (Å²) in [5, 5.41) is 5.62. The maximum Gasteiger partial charge on any atom is 0.313 e. The lowest BCUT2D eigenvalue weighted by Gasteiger charge is -2.32. The van der Waals surface area contributed by atoms with Gasteiger partial charge >= 0.3 is 11.8 Å². The second-order valence-electron chi connectivity index (χ2n) is 6.74. The third-order valence-electron chi connectivity index (χ3n) is 4.85. The summed E-state index contributed by atoms with van der Waals surface area (Å²) in [6.45, 7) is 5.89. The molecular formula is C18H25N3O2. The van der Waals surface area contributed by atoms with Crippen LogP contribution in [-0.4, -0.2) is 41.9 Å². The molecule has 1 aliphatic carbocycles. The molecule has 1 saturated heterocycles. The van der Waals surface area contributed by atoms with Crippen LogP contribution in [0.15, 0.2) is 18.2 Å². The van der Waals surface area contributed by atoms with E-state index in [-0.39, 0.29) is 6.04 Å². The van der Waals surface area contributed by atoms with Crippen LogP contribution in [0, 0.1) is 13.8 Å². The number of nitrogens with one attached hydrogen (secondary N) is 2. The van der Waals surface area contributed by atoms with Gasteiger partial charge in [0.1, 0.15) is 0 Å². The van der Waals surface area contributed by atoms with Gasteiger partial charge in [-0.25, -0.2) is 0 Å². The van der Waals surface area contributed by atoms with E-state index in [1.54, 1.807) is 0 Å². The first-order valence-electron chi connectivity index (χ1n) is 8.46. The Labute approximate surface area is 137 Å². The molecule has 0 bridgehead atoms. The Balaban J connectivity index is 1.51. The summed E-state index contributed by atoms with van der Waals surface area (Å²) < 4.78 is 0. The monoisotopic (exact) mass is 315 g/mol. The molecule has 0 aromatic heterocycles. The standard InChI is InChI=1S/C18H25N3O2/c1-12-4-3-5-13(2)16(12)20-18(23)17(22)19-14-8-10-21(11-9-14)15-6-7-15/h3-5,14-15H,6-11H2,1-2H3,(H,19,22)(H,20,23). The molecule has 5 nitrogen and oxygen atoms in total. The van der Waals surface area contributed by atoms with E-state index in [9.17, 15) is 9.59 Å². The number of carbonyl (C=O) groups excluding carboxylic acids is 2. The van der Waals surface area contributed by atoms with Crippen LogP contribution in [0.3, 0.4) is 0 Å². The van der Waals surface area contributed by atoms with Crippen molar-refractivity contribution in [2.45, 2.75) is 51.6 Å². The molecule has 1 aromatic carbocycles. The predicted octanol–water partition coefficient (Wildman–Crippen LogP) is 1.98. The number of para-hydroxylation sites is 1. The van der Waals surface area contributed by atoms with Gasteiger partial charge in [0.15, 0.2) is 0 Å². The van der Waals surface area contributed by atoms with Gasteiger partial charge in [-0.15, -0.1) is 0 Å². The highest BCUT2D eigenvalue weighted by molar-refractivity contribution is 6.39. The molecule has 1 saturated carbocycles. The van der Waals surface area contributed by atoms with Crippen LogP contribution in [0.25, 0.3) is 0 Å². The molecule has 2 fully saturated rings. The fourth-order valence-electron chi connectivity index (χ4n) is 3.28. The zero-order chi connectivity index (χ0) is 16.4. The molecule has 0 atom stereocenters. The van der Waals surface area contributed by atoms with Crippen molar-refractivity contribution in [3.63, 3.8) is 0 Å². The lowest BCUT2D eigenvalue weighted by molar-refractivity contribution is -0.136. The molecular weight excluding hydrogens is 290 g/mol. The van der Waals surface area contributed by atoms with Crippen molar-refractivity contribution < 1.29 is 9.59 Å². The van der Waals surface area contributed by atoms with Gasteiger partial charge in [0.25, 0.3) is 0 Å². The van der Waals surface area contributed by atoms with Gasteiger partial charge in [0.05, 0.1) is 0 Å². The number of carbonyl (C=O) groups is 2. The minimum atomic E-state index is -0.577. The van der Waals surface area contributed by atoms with Crippen LogP contribution < -0.4 is 10.6 Å². The summed E-state index contributed by atoms with van der Waals surface area (Å²) >= 11 is 0. The van der Waals surface area contributed by atoms with Crippen LogP contribution in [0.2, 0.25) is 0 Å². The van der Waals surface area contributed by atoms with Crippen LogP contribution in [0.1, 0.15) is 36.8 Å². The lowest BCUT2D eigenvalue weighted by Crippen LogP contribution is -2.48. The van der Waals surface area contributed by atoms with Gasteiger partial charge < -0.3 is 15.5 Å². The number of rotatable bonds is 3. The van der Waals surface area contributed by atoms with Gasteiger partial charge in [-0.2, -0.15) is 0 Å². The van der Waals surface area contributed by atoms with E-state index in [1.807, 2.05) is 32.0 Å². The topological polar surface area (TPSA) is 61.4 Å². The molecule has 23 heavy (non-hydrogen) atoms. The van der Waals surface area contributed by atoms with Gasteiger partial charge in [-0.1, -0.05) is 18.2 Å². The Morgan fingerprint density at radius 2 is 1.61 bits per heavy atom. The Morgan fingerprint density at radius 1 is 1.00 bits per heavy atom. The third kappa shape index (κ3) is 3.91. The molecule has 2 N–H and O–H groups in total. The number of anilines is 1. The molecule has 2 amide bonds.